The second kappa shape index (κ2) is 7.13. The van der Waals surface area contributed by atoms with Crippen LogP contribution in [0.2, 0.25) is 0 Å². The Labute approximate surface area is 137 Å². The molecule has 0 bridgehead atoms. The van der Waals surface area contributed by atoms with Crippen LogP contribution in [0.5, 0.6) is 0 Å². The van der Waals surface area contributed by atoms with Gasteiger partial charge in [-0.1, -0.05) is 30.3 Å². The van der Waals surface area contributed by atoms with Crippen molar-refractivity contribution < 1.29 is 14.7 Å². The van der Waals surface area contributed by atoms with Gasteiger partial charge in [-0.3, -0.25) is 14.5 Å². The molecule has 1 heterocycles. The second-order valence-corrected chi connectivity index (χ2v) is 6.93. The lowest BCUT2D eigenvalue weighted by atomic mass is 9.90. The first-order valence-corrected chi connectivity index (χ1v) is 8.11. The highest BCUT2D eigenvalue weighted by molar-refractivity contribution is 5.79. The smallest absolute Gasteiger partial charge is 0.310 e. The van der Waals surface area contributed by atoms with Crippen molar-refractivity contribution in [3.63, 3.8) is 0 Å². The molecule has 2 rings (SSSR count). The highest BCUT2D eigenvalue weighted by Crippen LogP contribution is 2.30. The van der Waals surface area contributed by atoms with Crippen LogP contribution in [-0.4, -0.2) is 52.5 Å². The fourth-order valence-corrected chi connectivity index (χ4v) is 2.99. The minimum atomic E-state index is -0.780. The Morgan fingerprint density at radius 3 is 2.48 bits per heavy atom. The topological polar surface area (TPSA) is 60.9 Å². The van der Waals surface area contributed by atoms with E-state index < -0.39 is 11.4 Å². The van der Waals surface area contributed by atoms with Crippen LogP contribution in [-0.2, 0) is 16.1 Å². The number of hydrogen-bond acceptors (Lipinski definition) is 3. The quantitative estimate of drug-likeness (QED) is 0.874. The molecule has 1 N–H and O–H groups in total. The van der Waals surface area contributed by atoms with Gasteiger partial charge in [-0.2, -0.15) is 0 Å². The van der Waals surface area contributed by atoms with Crippen molar-refractivity contribution in [2.24, 2.45) is 5.41 Å². The fourth-order valence-electron chi connectivity index (χ4n) is 2.99. The summed E-state index contributed by atoms with van der Waals surface area (Å²) in [4.78, 5) is 27.8. The van der Waals surface area contributed by atoms with Crippen molar-refractivity contribution >= 4 is 11.9 Å². The first-order valence-electron chi connectivity index (χ1n) is 8.11. The molecular formula is C18H26N2O3. The average molecular weight is 318 g/mol. The van der Waals surface area contributed by atoms with E-state index in [0.717, 1.165) is 5.56 Å². The molecule has 5 heteroatoms. The number of rotatable bonds is 6. The number of carboxylic acids is 1. The second-order valence-electron chi connectivity index (χ2n) is 6.93. The molecule has 0 saturated carbocycles. The maximum absolute atomic E-state index is 12.7. The van der Waals surface area contributed by atoms with E-state index in [9.17, 15) is 14.7 Å². The number of carboxylic acid groups (broad SMARTS) is 1. The molecule has 0 aliphatic carbocycles. The number of likely N-dealkylation sites (tertiary alicyclic amines) is 1. The molecule has 1 aliphatic heterocycles. The molecule has 1 aromatic rings. The zero-order valence-electron chi connectivity index (χ0n) is 14.2. The summed E-state index contributed by atoms with van der Waals surface area (Å²) in [6, 6.07) is 10.0. The highest BCUT2D eigenvalue weighted by Gasteiger charge is 2.41. The van der Waals surface area contributed by atoms with Gasteiger partial charge < -0.3 is 10.0 Å². The third-order valence-electron chi connectivity index (χ3n) is 4.57. The van der Waals surface area contributed by atoms with Crippen LogP contribution in [0.15, 0.2) is 30.3 Å². The zero-order chi connectivity index (χ0) is 17.0. The molecule has 1 aromatic carbocycles. The Morgan fingerprint density at radius 2 is 1.96 bits per heavy atom. The predicted molar refractivity (Wildman–Crippen MR) is 88.9 cm³/mol. The van der Waals surface area contributed by atoms with Gasteiger partial charge in [0, 0.05) is 19.1 Å². The third-order valence-corrected chi connectivity index (χ3v) is 4.57. The molecule has 5 nitrogen and oxygen atoms in total. The van der Waals surface area contributed by atoms with Crippen LogP contribution in [0.1, 0.15) is 32.8 Å². The summed E-state index contributed by atoms with van der Waals surface area (Å²) >= 11 is 0. The Morgan fingerprint density at radius 1 is 1.30 bits per heavy atom. The Balaban J connectivity index is 1.98. The van der Waals surface area contributed by atoms with Gasteiger partial charge in [-0.05, 0) is 39.3 Å². The number of hydrogen-bond donors (Lipinski definition) is 1. The summed E-state index contributed by atoms with van der Waals surface area (Å²) in [6.07, 6.45) is 0.593. The van der Waals surface area contributed by atoms with E-state index in [1.807, 2.05) is 54.0 Å². The van der Waals surface area contributed by atoms with Crippen molar-refractivity contribution in [2.75, 3.05) is 19.6 Å². The lowest BCUT2D eigenvalue weighted by molar-refractivity contribution is -0.147. The molecule has 1 saturated heterocycles. The number of carbonyl (C=O) groups excluding carboxylic acids is 1. The zero-order valence-corrected chi connectivity index (χ0v) is 14.2. The maximum atomic E-state index is 12.7. The Bertz CT molecular complexity index is 559. The van der Waals surface area contributed by atoms with Crippen LogP contribution in [0.3, 0.4) is 0 Å². The van der Waals surface area contributed by atoms with Crippen molar-refractivity contribution in [1.29, 1.82) is 0 Å². The molecule has 23 heavy (non-hydrogen) atoms. The summed E-state index contributed by atoms with van der Waals surface area (Å²) in [5.41, 5.74) is 0.369. The Kier molecular flexibility index (Phi) is 5.42. The van der Waals surface area contributed by atoms with Gasteiger partial charge in [0.25, 0.3) is 0 Å². The summed E-state index contributed by atoms with van der Waals surface area (Å²) in [6.45, 7) is 7.73. The summed E-state index contributed by atoms with van der Waals surface area (Å²) in [7, 11) is 0. The molecule has 1 aliphatic rings. The molecule has 0 radical (unpaired) electrons. The van der Waals surface area contributed by atoms with E-state index >= 15 is 0 Å². The van der Waals surface area contributed by atoms with Gasteiger partial charge in [0.05, 0.1) is 12.0 Å². The minimum absolute atomic E-state index is 0.0542. The minimum Gasteiger partial charge on any atom is -0.481 e. The summed E-state index contributed by atoms with van der Waals surface area (Å²) in [5.74, 6) is -0.726. The highest BCUT2D eigenvalue weighted by atomic mass is 16.4. The van der Waals surface area contributed by atoms with E-state index in [4.69, 9.17) is 0 Å². The molecule has 0 aromatic heterocycles. The molecule has 1 amide bonds. The van der Waals surface area contributed by atoms with Gasteiger partial charge in [-0.15, -0.1) is 0 Å². The molecular weight excluding hydrogens is 292 g/mol. The van der Waals surface area contributed by atoms with Crippen molar-refractivity contribution in [3.8, 4) is 0 Å². The number of aliphatic carboxylic acids is 1. The van der Waals surface area contributed by atoms with Crippen LogP contribution in [0.4, 0.5) is 0 Å². The summed E-state index contributed by atoms with van der Waals surface area (Å²) in [5, 5.41) is 9.29. The van der Waals surface area contributed by atoms with Crippen LogP contribution >= 0.6 is 0 Å². The van der Waals surface area contributed by atoms with E-state index in [1.54, 1.807) is 6.92 Å². The van der Waals surface area contributed by atoms with Gasteiger partial charge in [0.2, 0.25) is 5.91 Å². The normalized spacial score (nSPS) is 21.6. The van der Waals surface area contributed by atoms with E-state index in [0.29, 0.717) is 26.1 Å². The number of amides is 1. The van der Waals surface area contributed by atoms with Gasteiger partial charge >= 0.3 is 5.97 Å². The molecule has 1 unspecified atom stereocenters. The molecule has 1 fully saturated rings. The predicted octanol–water partition coefficient (Wildman–Crippen LogP) is 2.22. The maximum Gasteiger partial charge on any atom is 0.310 e. The monoisotopic (exact) mass is 318 g/mol. The lowest BCUT2D eigenvalue weighted by Gasteiger charge is -2.29. The molecule has 126 valence electrons. The van der Waals surface area contributed by atoms with E-state index in [2.05, 4.69) is 0 Å². The van der Waals surface area contributed by atoms with Crippen molar-refractivity contribution in [1.82, 2.24) is 9.80 Å². The van der Waals surface area contributed by atoms with Gasteiger partial charge in [-0.25, -0.2) is 0 Å². The number of nitrogens with zero attached hydrogens (tertiary/aromatic N) is 2. The number of carbonyl (C=O) groups is 2. The largest absolute Gasteiger partial charge is 0.481 e. The van der Waals surface area contributed by atoms with E-state index in [1.165, 1.54) is 0 Å². The molecule has 0 spiro atoms. The van der Waals surface area contributed by atoms with Gasteiger partial charge in [0.15, 0.2) is 0 Å². The van der Waals surface area contributed by atoms with E-state index in [-0.39, 0.29) is 18.5 Å². The van der Waals surface area contributed by atoms with Crippen molar-refractivity contribution in [3.05, 3.63) is 35.9 Å². The lowest BCUT2D eigenvalue weighted by Crippen LogP contribution is -2.43. The average Bonchev–Trinajstić information content (AvgIpc) is 2.88. The van der Waals surface area contributed by atoms with Crippen LogP contribution < -0.4 is 0 Å². The fraction of sp³-hybridized carbons (Fsp3) is 0.556. The van der Waals surface area contributed by atoms with Crippen molar-refractivity contribution in [2.45, 2.75) is 39.8 Å². The SMILES string of the molecule is CC(C)N(Cc1ccccc1)C(=O)CN1CCC(C)(C(=O)O)C1. The first kappa shape index (κ1) is 17.5. The molecule has 1 atom stereocenters. The standard InChI is InChI=1S/C18H26N2O3/c1-14(2)20(11-15-7-5-4-6-8-15)16(21)12-19-10-9-18(3,13-19)17(22)23/h4-8,14H,9-13H2,1-3H3,(H,22,23). The van der Waals surface area contributed by atoms with Gasteiger partial charge in [0.1, 0.15) is 0 Å². The van der Waals surface area contributed by atoms with Crippen LogP contribution in [0.25, 0.3) is 0 Å². The van der Waals surface area contributed by atoms with Crippen LogP contribution in [0, 0.1) is 5.41 Å². The summed E-state index contributed by atoms with van der Waals surface area (Å²) < 4.78 is 0. The first-order chi connectivity index (χ1) is 10.8. The number of benzene rings is 1. The Hall–Kier alpha value is -1.88. The third kappa shape index (κ3) is 4.32.